The molecule has 3 aromatic rings. The molecule has 1 atom stereocenters. The van der Waals surface area contributed by atoms with E-state index in [1.54, 1.807) is 6.92 Å². The number of hydrogen-bond acceptors (Lipinski definition) is 3. The molecule has 0 aromatic heterocycles. The first-order valence-electron chi connectivity index (χ1n) is 10.2. The van der Waals surface area contributed by atoms with E-state index in [9.17, 15) is 4.79 Å². The monoisotopic (exact) mass is 403 g/mol. The van der Waals surface area contributed by atoms with Crippen LogP contribution in [0.4, 0.5) is 5.69 Å². The van der Waals surface area contributed by atoms with Gasteiger partial charge in [0, 0.05) is 5.69 Å². The van der Waals surface area contributed by atoms with Crippen LogP contribution in [0.3, 0.4) is 0 Å². The van der Waals surface area contributed by atoms with Gasteiger partial charge in [-0.25, -0.2) is 0 Å². The summed E-state index contributed by atoms with van der Waals surface area (Å²) in [5, 5.41) is 2.88. The number of nitrogens with one attached hydrogen (secondary N) is 1. The van der Waals surface area contributed by atoms with Gasteiger partial charge >= 0.3 is 0 Å². The zero-order valence-electron chi connectivity index (χ0n) is 18.0. The molecular formula is C26H29NO3. The molecule has 0 aliphatic heterocycles. The van der Waals surface area contributed by atoms with Crippen molar-refractivity contribution in [3.8, 4) is 11.5 Å². The Hall–Kier alpha value is -3.27. The predicted octanol–water partition coefficient (Wildman–Crippen LogP) is 5.97. The number of carbonyl (C=O) groups excluding carboxylic acids is 1. The van der Waals surface area contributed by atoms with Crippen LogP contribution in [-0.2, 0) is 16.8 Å². The molecule has 3 rings (SSSR count). The molecule has 0 fully saturated rings. The van der Waals surface area contributed by atoms with Crippen LogP contribution in [0, 0.1) is 0 Å². The van der Waals surface area contributed by atoms with E-state index in [0.717, 1.165) is 11.3 Å². The highest BCUT2D eigenvalue weighted by atomic mass is 16.5. The Balaban J connectivity index is 1.51. The Bertz CT molecular complexity index is 942. The van der Waals surface area contributed by atoms with Crippen molar-refractivity contribution < 1.29 is 14.3 Å². The highest BCUT2D eigenvalue weighted by Gasteiger charge is 2.17. The highest BCUT2D eigenvalue weighted by Crippen LogP contribution is 2.25. The van der Waals surface area contributed by atoms with Crippen molar-refractivity contribution in [2.45, 2.75) is 45.8 Å². The Morgan fingerprint density at radius 2 is 1.47 bits per heavy atom. The SMILES string of the molecule is C[C@@H](Oc1ccc(C(C)(C)C)cc1)C(=O)Nc1ccc(OCc2ccccc2)cc1. The maximum atomic E-state index is 12.5. The number of carbonyl (C=O) groups is 1. The summed E-state index contributed by atoms with van der Waals surface area (Å²) in [7, 11) is 0. The molecule has 0 saturated carbocycles. The molecule has 0 saturated heterocycles. The first-order chi connectivity index (χ1) is 14.3. The van der Waals surface area contributed by atoms with Crippen molar-refractivity contribution in [3.05, 3.63) is 90.0 Å². The number of anilines is 1. The van der Waals surface area contributed by atoms with Crippen LogP contribution in [0.2, 0.25) is 0 Å². The van der Waals surface area contributed by atoms with Crippen LogP contribution < -0.4 is 14.8 Å². The smallest absolute Gasteiger partial charge is 0.265 e. The number of benzene rings is 3. The van der Waals surface area contributed by atoms with Gasteiger partial charge in [0.05, 0.1) is 0 Å². The summed E-state index contributed by atoms with van der Waals surface area (Å²) in [5.41, 5.74) is 3.11. The third-order valence-electron chi connectivity index (χ3n) is 4.77. The molecule has 0 unspecified atom stereocenters. The third-order valence-corrected chi connectivity index (χ3v) is 4.77. The van der Waals surface area contributed by atoms with Gasteiger partial charge in [-0.15, -0.1) is 0 Å². The Labute approximate surface area is 178 Å². The van der Waals surface area contributed by atoms with Crippen molar-refractivity contribution in [2.24, 2.45) is 0 Å². The number of ether oxygens (including phenoxy) is 2. The van der Waals surface area contributed by atoms with Gasteiger partial charge in [0.1, 0.15) is 18.1 Å². The molecule has 0 heterocycles. The van der Waals surface area contributed by atoms with Gasteiger partial charge in [-0.2, -0.15) is 0 Å². The summed E-state index contributed by atoms with van der Waals surface area (Å²) in [4.78, 5) is 12.5. The van der Waals surface area contributed by atoms with Gasteiger partial charge in [0.15, 0.2) is 6.10 Å². The van der Waals surface area contributed by atoms with Crippen molar-refractivity contribution in [2.75, 3.05) is 5.32 Å². The van der Waals surface area contributed by atoms with E-state index in [0.29, 0.717) is 18.0 Å². The first-order valence-corrected chi connectivity index (χ1v) is 10.2. The van der Waals surface area contributed by atoms with Crippen LogP contribution in [0.1, 0.15) is 38.8 Å². The maximum absolute atomic E-state index is 12.5. The van der Waals surface area contributed by atoms with Crippen molar-refractivity contribution in [3.63, 3.8) is 0 Å². The van der Waals surface area contributed by atoms with Crippen LogP contribution >= 0.6 is 0 Å². The van der Waals surface area contributed by atoms with E-state index in [-0.39, 0.29) is 11.3 Å². The number of hydrogen-bond donors (Lipinski definition) is 1. The van der Waals surface area contributed by atoms with Gasteiger partial charge in [-0.3, -0.25) is 4.79 Å². The predicted molar refractivity (Wildman–Crippen MR) is 121 cm³/mol. The van der Waals surface area contributed by atoms with E-state index in [2.05, 4.69) is 26.1 Å². The molecule has 0 spiro atoms. The fourth-order valence-corrected chi connectivity index (χ4v) is 2.91. The fraction of sp³-hybridized carbons (Fsp3) is 0.269. The van der Waals surface area contributed by atoms with Gasteiger partial charge in [-0.1, -0.05) is 63.2 Å². The second-order valence-corrected chi connectivity index (χ2v) is 8.32. The van der Waals surface area contributed by atoms with Gasteiger partial charge in [0.25, 0.3) is 5.91 Å². The molecule has 0 aliphatic carbocycles. The lowest BCUT2D eigenvalue weighted by molar-refractivity contribution is -0.122. The molecule has 4 heteroatoms. The summed E-state index contributed by atoms with van der Waals surface area (Å²) in [6, 6.07) is 25.2. The lowest BCUT2D eigenvalue weighted by Gasteiger charge is -2.20. The molecule has 30 heavy (non-hydrogen) atoms. The Morgan fingerprint density at radius 3 is 2.07 bits per heavy atom. The van der Waals surface area contributed by atoms with E-state index < -0.39 is 6.10 Å². The Kier molecular flexibility index (Phi) is 6.78. The maximum Gasteiger partial charge on any atom is 0.265 e. The largest absolute Gasteiger partial charge is 0.489 e. The minimum absolute atomic E-state index is 0.0818. The van der Waals surface area contributed by atoms with Crippen LogP contribution in [0.5, 0.6) is 11.5 Å². The zero-order valence-corrected chi connectivity index (χ0v) is 18.0. The Morgan fingerprint density at radius 1 is 0.867 bits per heavy atom. The van der Waals surface area contributed by atoms with Gasteiger partial charge < -0.3 is 14.8 Å². The normalized spacial score (nSPS) is 12.1. The first kappa shape index (κ1) is 21.4. The molecular weight excluding hydrogens is 374 g/mol. The second kappa shape index (κ2) is 9.49. The van der Waals surface area contributed by atoms with E-state index in [1.807, 2.05) is 78.9 Å². The molecule has 0 aliphatic rings. The van der Waals surface area contributed by atoms with Crippen LogP contribution in [-0.4, -0.2) is 12.0 Å². The summed E-state index contributed by atoms with van der Waals surface area (Å²) >= 11 is 0. The molecule has 156 valence electrons. The highest BCUT2D eigenvalue weighted by molar-refractivity contribution is 5.94. The quantitative estimate of drug-likeness (QED) is 0.529. The van der Waals surface area contributed by atoms with E-state index in [4.69, 9.17) is 9.47 Å². The van der Waals surface area contributed by atoms with Crippen molar-refractivity contribution in [1.29, 1.82) is 0 Å². The third kappa shape index (κ3) is 6.11. The van der Waals surface area contributed by atoms with Crippen molar-refractivity contribution >= 4 is 11.6 Å². The second-order valence-electron chi connectivity index (χ2n) is 8.32. The molecule has 4 nitrogen and oxygen atoms in total. The average molecular weight is 404 g/mol. The van der Waals surface area contributed by atoms with Gasteiger partial charge in [0.2, 0.25) is 0 Å². The van der Waals surface area contributed by atoms with Gasteiger partial charge in [-0.05, 0) is 59.9 Å². The van der Waals surface area contributed by atoms with Crippen LogP contribution in [0.15, 0.2) is 78.9 Å². The molecule has 1 amide bonds. The summed E-state index contributed by atoms with van der Waals surface area (Å²) in [5.74, 6) is 1.23. The lowest BCUT2D eigenvalue weighted by atomic mass is 9.87. The molecule has 0 radical (unpaired) electrons. The minimum atomic E-state index is -0.612. The fourth-order valence-electron chi connectivity index (χ4n) is 2.91. The van der Waals surface area contributed by atoms with E-state index >= 15 is 0 Å². The van der Waals surface area contributed by atoms with Crippen LogP contribution in [0.25, 0.3) is 0 Å². The zero-order chi connectivity index (χ0) is 21.6. The minimum Gasteiger partial charge on any atom is -0.489 e. The number of rotatable bonds is 7. The number of amides is 1. The topological polar surface area (TPSA) is 47.6 Å². The summed E-state index contributed by atoms with van der Waals surface area (Å²) in [6.07, 6.45) is -0.612. The molecule has 3 aromatic carbocycles. The summed E-state index contributed by atoms with van der Waals surface area (Å²) in [6.45, 7) is 8.74. The average Bonchev–Trinajstić information content (AvgIpc) is 2.73. The molecule has 1 N–H and O–H groups in total. The summed E-state index contributed by atoms with van der Waals surface area (Å²) < 4.78 is 11.6. The van der Waals surface area contributed by atoms with E-state index in [1.165, 1.54) is 5.56 Å². The standard InChI is InChI=1S/C26H29NO3/c1-19(30-24-14-10-21(11-15-24)26(2,3)4)25(28)27-22-12-16-23(17-13-22)29-18-20-8-6-5-7-9-20/h5-17,19H,18H2,1-4H3,(H,27,28)/t19-/m1/s1. The lowest BCUT2D eigenvalue weighted by Crippen LogP contribution is -2.30. The van der Waals surface area contributed by atoms with Crippen molar-refractivity contribution in [1.82, 2.24) is 0 Å². The molecule has 0 bridgehead atoms.